The molecule has 1 atom stereocenters. The number of methoxy groups -OCH3 is 1. The second kappa shape index (κ2) is 12.7. The number of thioether (sulfide) groups is 1. The average molecular weight is 505 g/mol. The van der Waals surface area contributed by atoms with Crippen LogP contribution in [-0.4, -0.2) is 32.2 Å². The van der Waals surface area contributed by atoms with Crippen LogP contribution >= 0.6 is 46.6 Å². The Morgan fingerprint density at radius 2 is 1.84 bits per heavy atom. The maximum atomic E-state index is 8.36. The van der Waals surface area contributed by atoms with E-state index in [9.17, 15) is 0 Å². The lowest BCUT2D eigenvalue weighted by atomic mass is 10.1. The number of halogens is 3. The van der Waals surface area contributed by atoms with Gasteiger partial charge in [-0.2, -0.15) is 0 Å². The molecule has 0 bridgehead atoms. The van der Waals surface area contributed by atoms with Crippen LogP contribution in [0, 0.1) is 10.1 Å². The van der Waals surface area contributed by atoms with E-state index < -0.39 is 5.09 Å². The van der Waals surface area contributed by atoms with E-state index in [1.165, 1.54) is 5.56 Å². The number of ether oxygens (including phenoxy) is 1. The zero-order valence-corrected chi connectivity index (χ0v) is 19.5. The van der Waals surface area contributed by atoms with Crippen LogP contribution in [-0.2, 0) is 13.0 Å². The lowest BCUT2D eigenvalue weighted by molar-refractivity contribution is -0.742. The maximum absolute atomic E-state index is 8.36. The summed E-state index contributed by atoms with van der Waals surface area (Å²) in [6, 6.07) is 11.6. The highest BCUT2D eigenvalue weighted by Gasteiger charge is 2.17. The van der Waals surface area contributed by atoms with Gasteiger partial charge in [0.25, 0.3) is 5.09 Å². The first-order valence-corrected chi connectivity index (χ1v) is 11.0. The largest absolute Gasteiger partial charge is 0.497 e. The molecular weight excluding hydrogens is 485 g/mol. The third kappa shape index (κ3) is 8.86. The minimum Gasteiger partial charge on any atom is -0.497 e. The van der Waals surface area contributed by atoms with Gasteiger partial charge in [-0.1, -0.05) is 46.9 Å². The fourth-order valence-electron chi connectivity index (χ4n) is 2.75. The van der Waals surface area contributed by atoms with Gasteiger partial charge < -0.3 is 14.5 Å². The molecule has 0 aliphatic heterocycles. The van der Waals surface area contributed by atoms with Crippen molar-refractivity contribution in [2.45, 2.75) is 29.5 Å². The van der Waals surface area contributed by atoms with Gasteiger partial charge in [-0.3, -0.25) is 0 Å². The number of nitrogens with zero attached hydrogens (tertiary/aromatic N) is 3. The zero-order chi connectivity index (χ0) is 22.8. The van der Waals surface area contributed by atoms with Crippen molar-refractivity contribution < 1.29 is 15.0 Å². The molecule has 1 heterocycles. The summed E-state index contributed by atoms with van der Waals surface area (Å²) in [5, 5.41) is 15.6. The molecule has 0 fully saturated rings. The van der Waals surface area contributed by atoms with Crippen LogP contribution < -0.4 is 4.74 Å². The van der Waals surface area contributed by atoms with Crippen molar-refractivity contribution in [2.75, 3.05) is 7.11 Å². The molecule has 0 saturated heterocycles. The third-order valence-corrected chi connectivity index (χ3v) is 6.57. The summed E-state index contributed by atoms with van der Waals surface area (Å²) in [5.74, 6) is 0.864. The molecule has 0 saturated carbocycles. The fraction of sp³-hybridized carbons (Fsp3) is 0.250. The summed E-state index contributed by atoms with van der Waals surface area (Å²) < 4.78 is 7.30. The molecule has 31 heavy (non-hydrogen) atoms. The minimum atomic E-state index is -1.50. The Bertz CT molecular complexity index is 945. The Morgan fingerprint density at radius 3 is 2.35 bits per heavy atom. The van der Waals surface area contributed by atoms with Crippen molar-refractivity contribution in [1.29, 1.82) is 0 Å². The molecule has 0 aliphatic rings. The highest BCUT2D eigenvalue weighted by molar-refractivity contribution is 8.00. The van der Waals surface area contributed by atoms with Crippen molar-refractivity contribution in [2.24, 2.45) is 0 Å². The number of imidazole rings is 1. The summed E-state index contributed by atoms with van der Waals surface area (Å²) >= 11 is 20.5. The minimum absolute atomic E-state index is 0.275. The van der Waals surface area contributed by atoms with Crippen LogP contribution in [0.5, 0.6) is 5.75 Å². The molecule has 2 aromatic carbocycles. The number of hydrogen-bond acceptors (Lipinski definition) is 5. The molecule has 1 aromatic heterocycles. The average Bonchev–Trinajstić information content (AvgIpc) is 3.21. The predicted molar refractivity (Wildman–Crippen MR) is 123 cm³/mol. The van der Waals surface area contributed by atoms with Gasteiger partial charge in [-0.05, 0) is 42.7 Å². The molecule has 7 nitrogen and oxygen atoms in total. The number of hydrogen-bond donors (Lipinski definition) is 1. The normalized spacial score (nSPS) is 11.4. The van der Waals surface area contributed by atoms with Gasteiger partial charge in [0.05, 0.1) is 23.5 Å². The quantitative estimate of drug-likeness (QED) is 0.220. The van der Waals surface area contributed by atoms with Crippen LogP contribution in [0.2, 0.25) is 15.1 Å². The Hall–Kier alpha value is -2.13. The summed E-state index contributed by atoms with van der Waals surface area (Å²) in [6.07, 6.45) is 7.48. The van der Waals surface area contributed by atoms with E-state index in [0.29, 0.717) is 15.1 Å². The predicted octanol–water partition coefficient (Wildman–Crippen LogP) is 6.30. The molecule has 0 amide bonds. The van der Waals surface area contributed by atoms with Crippen LogP contribution in [0.4, 0.5) is 0 Å². The van der Waals surface area contributed by atoms with Gasteiger partial charge in [0.1, 0.15) is 5.75 Å². The standard InChI is InChI=1S/C20H19Cl3N2OS.HNO3/c1-26-16-5-2-14(3-6-16)4-7-17(12-25-9-8-24-13-25)27-20-18(22)10-15(21)11-19(20)23;2-1(3)4/h2-3,5-6,8-11,13,17H,4,7,12H2,1H3;(H,2,3,4). The first-order chi connectivity index (χ1) is 14.8. The fourth-order valence-corrected chi connectivity index (χ4v) is 4.99. The highest BCUT2D eigenvalue weighted by Crippen LogP contribution is 2.40. The Morgan fingerprint density at radius 1 is 1.23 bits per heavy atom. The SMILES string of the molecule is COc1ccc(CCC(Cn2ccnc2)Sc2c(Cl)cc(Cl)cc2Cl)cc1.O=[N+]([O-])O. The van der Waals surface area contributed by atoms with Gasteiger partial charge >= 0.3 is 0 Å². The molecule has 1 unspecified atom stereocenters. The van der Waals surface area contributed by atoms with E-state index in [1.54, 1.807) is 37.2 Å². The second-order valence-corrected chi connectivity index (χ2v) is 8.88. The first-order valence-electron chi connectivity index (χ1n) is 9.01. The van der Waals surface area contributed by atoms with E-state index >= 15 is 0 Å². The molecular formula is C20H20Cl3N3O4S. The van der Waals surface area contributed by atoms with Crippen molar-refractivity contribution in [3.8, 4) is 5.75 Å². The topological polar surface area (TPSA) is 90.4 Å². The van der Waals surface area contributed by atoms with E-state index in [-0.39, 0.29) is 5.25 Å². The van der Waals surface area contributed by atoms with E-state index in [0.717, 1.165) is 30.0 Å². The number of aryl methyl sites for hydroxylation is 1. The Kier molecular flexibility index (Phi) is 10.3. The lowest BCUT2D eigenvalue weighted by Gasteiger charge is -2.19. The highest BCUT2D eigenvalue weighted by atomic mass is 35.5. The van der Waals surface area contributed by atoms with Gasteiger partial charge in [-0.25, -0.2) is 4.98 Å². The summed E-state index contributed by atoms with van der Waals surface area (Å²) in [7, 11) is 1.67. The zero-order valence-electron chi connectivity index (χ0n) is 16.5. The first kappa shape index (κ1) is 25.1. The van der Waals surface area contributed by atoms with Crippen molar-refractivity contribution in [3.05, 3.63) is 85.9 Å². The van der Waals surface area contributed by atoms with Crippen molar-refractivity contribution in [1.82, 2.24) is 9.55 Å². The summed E-state index contributed by atoms with van der Waals surface area (Å²) in [5.41, 5.74) is 1.26. The van der Waals surface area contributed by atoms with Crippen LogP contribution in [0.15, 0.2) is 60.0 Å². The molecule has 1 N–H and O–H groups in total. The van der Waals surface area contributed by atoms with Gasteiger partial charge in [0.2, 0.25) is 0 Å². The molecule has 166 valence electrons. The molecule has 3 aromatic rings. The number of benzene rings is 2. The lowest BCUT2D eigenvalue weighted by Crippen LogP contribution is -2.13. The van der Waals surface area contributed by atoms with Crippen LogP contribution in [0.3, 0.4) is 0 Å². The van der Waals surface area contributed by atoms with E-state index in [4.69, 9.17) is 54.9 Å². The van der Waals surface area contributed by atoms with Crippen molar-refractivity contribution >= 4 is 46.6 Å². The van der Waals surface area contributed by atoms with Crippen LogP contribution in [0.1, 0.15) is 12.0 Å². The Balaban J connectivity index is 0.000000785. The summed E-state index contributed by atoms with van der Waals surface area (Å²) in [4.78, 5) is 13.4. The molecule has 11 heteroatoms. The maximum Gasteiger partial charge on any atom is 0.291 e. The van der Waals surface area contributed by atoms with Gasteiger partial charge in [0, 0.05) is 34.1 Å². The number of aromatic nitrogens is 2. The molecule has 0 spiro atoms. The molecule has 0 radical (unpaired) electrons. The van der Waals surface area contributed by atoms with E-state index in [1.807, 2.05) is 24.7 Å². The smallest absolute Gasteiger partial charge is 0.291 e. The van der Waals surface area contributed by atoms with Gasteiger partial charge in [0.15, 0.2) is 0 Å². The molecule has 0 aliphatic carbocycles. The van der Waals surface area contributed by atoms with Gasteiger partial charge in [-0.15, -0.1) is 21.9 Å². The summed E-state index contributed by atoms with van der Waals surface area (Å²) in [6.45, 7) is 0.816. The monoisotopic (exact) mass is 503 g/mol. The van der Waals surface area contributed by atoms with Crippen LogP contribution in [0.25, 0.3) is 0 Å². The Labute approximate surface area is 199 Å². The molecule has 3 rings (SSSR count). The third-order valence-electron chi connectivity index (χ3n) is 4.14. The number of rotatable bonds is 8. The van der Waals surface area contributed by atoms with Crippen molar-refractivity contribution in [3.63, 3.8) is 0 Å². The van der Waals surface area contributed by atoms with E-state index in [2.05, 4.69) is 21.7 Å². The second-order valence-electron chi connectivity index (χ2n) is 6.32.